The second-order valence-electron chi connectivity index (χ2n) is 4.78. The molecule has 1 rings (SSSR count). The molecule has 0 bridgehead atoms. The van der Waals surface area contributed by atoms with E-state index in [2.05, 4.69) is 22.3 Å². The van der Waals surface area contributed by atoms with Gasteiger partial charge in [0.05, 0.1) is 17.1 Å². The summed E-state index contributed by atoms with van der Waals surface area (Å²) in [4.78, 5) is 0. The average Bonchev–Trinajstić information content (AvgIpc) is 2.19. The number of nitrogens with zero attached hydrogens (tertiary/aromatic N) is 3. The maximum absolute atomic E-state index is 3.28. The van der Waals surface area contributed by atoms with Crippen LogP contribution < -0.4 is 16.3 Å². The average molecular weight is 252 g/mol. The molecule has 18 heavy (non-hydrogen) atoms. The van der Waals surface area contributed by atoms with Gasteiger partial charge >= 0.3 is 0 Å². The third kappa shape index (κ3) is 4.79. The maximum atomic E-state index is 3.28. The minimum Gasteiger partial charge on any atom is -0.319 e. The molecule has 1 aromatic carbocycles. The van der Waals surface area contributed by atoms with Gasteiger partial charge in [-0.15, -0.1) is 0 Å². The first-order valence-electron chi connectivity index (χ1n) is 5.84. The van der Waals surface area contributed by atoms with Gasteiger partial charge in [-0.2, -0.15) is 0 Å². The SMILES string of the molecule is CN(C)Nc1ccc(NN(C)C)c(NN(C)C)c1. The molecule has 1 aromatic rings. The largest absolute Gasteiger partial charge is 0.319 e. The lowest BCUT2D eigenvalue weighted by Crippen LogP contribution is -2.25. The van der Waals surface area contributed by atoms with Crippen molar-refractivity contribution in [3.63, 3.8) is 0 Å². The minimum absolute atomic E-state index is 1.01. The number of hydrazine groups is 3. The summed E-state index contributed by atoms with van der Waals surface area (Å²) in [7, 11) is 11.8. The summed E-state index contributed by atoms with van der Waals surface area (Å²) < 4.78 is 0. The van der Waals surface area contributed by atoms with Crippen molar-refractivity contribution in [1.29, 1.82) is 0 Å². The van der Waals surface area contributed by atoms with Gasteiger partial charge in [0.15, 0.2) is 0 Å². The van der Waals surface area contributed by atoms with Crippen LogP contribution in [0.4, 0.5) is 17.1 Å². The van der Waals surface area contributed by atoms with E-state index in [9.17, 15) is 0 Å². The molecule has 0 saturated heterocycles. The maximum Gasteiger partial charge on any atom is 0.0756 e. The van der Waals surface area contributed by atoms with Gasteiger partial charge in [0.25, 0.3) is 0 Å². The number of nitrogens with one attached hydrogen (secondary N) is 3. The van der Waals surface area contributed by atoms with Crippen molar-refractivity contribution in [2.24, 2.45) is 0 Å². The monoisotopic (exact) mass is 252 g/mol. The van der Waals surface area contributed by atoms with E-state index in [-0.39, 0.29) is 0 Å². The fourth-order valence-corrected chi connectivity index (χ4v) is 1.54. The molecule has 0 aliphatic heterocycles. The molecule has 0 radical (unpaired) electrons. The molecule has 3 N–H and O–H groups in total. The summed E-state index contributed by atoms with van der Waals surface area (Å²) in [6.07, 6.45) is 0. The van der Waals surface area contributed by atoms with E-state index >= 15 is 0 Å². The zero-order chi connectivity index (χ0) is 13.7. The van der Waals surface area contributed by atoms with E-state index in [0.717, 1.165) is 17.1 Å². The Hall–Kier alpha value is -1.50. The lowest BCUT2D eigenvalue weighted by atomic mass is 10.2. The summed E-state index contributed by atoms with van der Waals surface area (Å²) >= 11 is 0. The first-order chi connectivity index (χ1) is 8.38. The van der Waals surface area contributed by atoms with Gasteiger partial charge in [-0.1, -0.05) is 0 Å². The van der Waals surface area contributed by atoms with E-state index in [4.69, 9.17) is 0 Å². The van der Waals surface area contributed by atoms with Gasteiger partial charge in [-0.25, -0.2) is 15.0 Å². The Bertz CT molecular complexity index is 375. The Morgan fingerprint density at radius 2 is 1.17 bits per heavy atom. The first kappa shape index (κ1) is 14.6. The predicted molar refractivity (Wildman–Crippen MR) is 78.4 cm³/mol. The Morgan fingerprint density at radius 1 is 0.667 bits per heavy atom. The van der Waals surface area contributed by atoms with Crippen LogP contribution >= 0.6 is 0 Å². The van der Waals surface area contributed by atoms with E-state index in [1.807, 2.05) is 69.4 Å². The van der Waals surface area contributed by atoms with Gasteiger partial charge in [0.1, 0.15) is 0 Å². The molecule has 0 unspecified atom stereocenters. The van der Waals surface area contributed by atoms with Crippen LogP contribution in [0.2, 0.25) is 0 Å². The van der Waals surface area contributed by atoms with Crippen LogP contribution in [0.1, 0.15) is 0 Å². The highest BCUT2D eigenvalue weighted by atomic mass is 15.5. The smallest absolute Gasteiger partial charge is 0.0756 e. The number of hydrogen-bond donors (Lipinski definition) is 3. The van der Waals surface area contributed by atoms with Crippen molar-refractivity contribution in [1.82, 2.24) is 15.0 Å². The van der Waals surface area contributed by atoms with Crippen molar-refractivity contribution in [3.8, 4) is 0 Å². The van der Waals surface area contributed by atoms with Gasteiger partial charge in [-0.3, -0.25) is 0 Å². The van der Waals surface area contributed by atoms with E-state index in [1.165, 1.54) is 0 Å². The number of rotatable bonds is 6. The van der Waals surface area contributed by atoms with Crippen LogP contribution in [0.15, 0.2) is 18.2 Å². The highest BCUT2D eigenvalue weighted by molar-refractivity contribution is 5.73. The fraction of sp³-hybridized carbons (Fsp3) is 0.500. The van der Waals surface area contributed by atoms with Gasteiger partial charge < -0.3 is 16.3 Å². The summed E-state index contributed by atoms with van der Waals surface area (Å²) in [5.74, 6) is 0. The molecule has 0 heterocycles. The zero-order valence-corrected chi connectivity index (χ0v) is 12.1. The molecule has 0 aliphatic rings. The Morgan fingerprint density at radius 3 is 1.67 bits per heavy atom. The molecule has 0 fully saturated rings. The van der Waals surface area contributed by atoms with Gasteiger partial charge in [-0.05, 0) is 18.2 Å². The molecule has 0 aromatic heterocycles. The standard InChI is InChI=1S/C12H24N6/c1-16(2)13-10-7-8-11(14-17(3)4)12(9-10)15-18(5)6/h7-9,13-15H,1-6H3. The number of anilines is 3. The van der Waals surface area contributed by atoms with Crippen LogP contribution in [0.3, 0.4) is 0 Å². The van der Waals surface area contributed by atoms with E-state index in [1.54, 1.807) is 0 Å². The van der Waals surface area contributed by atoms with Crippen LogP contribution in [-0.4, -0.2) is 57.3 Å². The highest BCUT2D eigenvalue weighted by Gasteiger charge is 2.05. The van der Waals surface area contributed by atoms with Crippen molar-refractivity contribution in [2.45, 2.75) is 0 Å². The molecule has 0 saturated carbocycles. The number of hydrogen-bond acceptors (Lipinski definition) is 6. The summed E-state index contributed by atoms with van der Waals surface area (Å²) in [5, 5.41) is 5.73. The second-order valence-corrected chi connectivity index (χ2v) is 4.78. The zero-order valence-electron chi connectivity index (χ0n) is 12.1. The molecule has 0 spiro atoms. The number of benzene rings is 1. The van der Waals surface area contributed by atoms with Gasteiger partial charge in [0, 0.05) is 42.3 Å². The van der Waals surface area contributed by atoms with Crippen LogP contribution in [0, 0.1) is 0 Å². The summed E-state index contributed by atoms with van der Waals surface area (Å²) in [6.45, 7) is 0. The van der Waals surface area contributed by atoms with Crippen molar-refractivity contribution in [2.75, 3.05) is 58.6 Å². The fourth-order valence-electron chi connectivity index (χ4n) is 1.54. The van der Waals surface area contributed by atoms with Crippen molar-refractivity contribution in [3.05, 3.63) is 18.2 Å². The van der Waals surface area contributed by atoms with E-state index in [0.29, 0.717) is 0 Å². The van der Waals surface area contributed by atoms with Crippen LogP contribution in [-0.2, 0) is 0 Å². The lowest BCUT2D eigenvalue weighted by Gasteiger charge is -2.22. The predicted octanol–water partition coefficient (Wildman–Crippen LogP) is 1.35. The normalized spacial score (nSPS) is 11.2. The quantitative estimate of drug-likeness (QED) is 0.664. The molecule has 0 aliphatic carbocycles. The topological polar surface area (TPSA) is 45.8 Å². The second kappa shape index (κ2) is 6.44. The Kier molecular flexibility index (Phi) is 5.21. The molecular formula is C12H24N6. The Labute approximate surface area is 109 Å². The van der Waals surface area contributed by atoms with Crippen molar-refractivity contribution < 1.29 is 0 Å². The Balaban J connectivity index is 2.96. The van der Waals surface area contributed by atoms with Gasteiger partial charge in [0.2, 0.25) is 0 Å². The van der Waals surface area contributed by atoms with Crippen LogP contribution in [0.5, 0.6) is 0 Å². The van der Waals surface area contributed by atoms with Crippen molar-refractivity contribution >= 4 is 17.1 Å². The minimum atomic E-state index is 1.01. The first-order valence-corrected chi connectivity index (χ1v) is 5.84. The molecule has 0 amide bonds. The third-order valence-electron chi connectivity index (χ3n) is 2.06. The summed E-state index contributed by atoms with van der Waals surface area (Å²) in [5.41, 5.74) is 12.8. The molecule has 6 heteroatoms. The molecule has 0 atom stereocenters. The van der Waals surface area contributed by atoms with Crippen LogP contribution in [0.25, 0.3) is 0 Å². The molecular weight excluding hydrogens is 228 g/mol. The molecule has 102 valence electrons. The third-order valence-corrected chi connectivity index (χ3v) is 2.06. The van der Waals surface area contributed by atoms with E-state index < -0.39 is 0 Å². The summed E-state index contributed by atoms with van der Waals surface area (Å²) in [6, 6.07) is 6.14. The lowest BCUT2D eigenvalue weighted by molar-refractivity contribution is 0.484. The highest BCUT2D eigenvalue weighted by Crippen LogP contribution is 2.26. The molecule has 6 nitrogen and oxygen atoms in total.